The molecule has 1 saturated heterocycles. The Hall–Kier alpha value is -0.0500. The molecule has 9 heteroatoms. The number of hydrogen-bond donors (Lipinski definition) is 5. The van der Waals surface area contributed by atoms with E-state index in [0.717, 1.165) is 6.61 Å². The third kappa shape index (κ3) is 3.78. The minimum atomic E-state index is -4.64. The first-order valence-electron chi connectivity index (χ1n) is 4.04. The minimum absolute atomic E-state index is 0.592. The predicted molar refractivity (Wildman–Crippen MR) is 45.2 cm³/mol. The summed E-state index contributed by atoms with van der Waals surface area (Å²) in [6, 6.07) is 0. The summed E-state index contributed by atoms with van der Waals surface area (Å²) < 4.78 is 19.1. The van der Waals surface area contributed by atoms with Crippen molar-refractivity contribution in [2.75, 3.05) is 6.61 Å². The van der Waals surface area contributed by atoms with Crippen LogP contribution >= 0.6 is 7.82 Å². The van der Waals surface area contributed by atoms with E-state index < -0.39 is 38.8 Å². The summed E-state index contributed by atoms with van der Waals surface area (Å²) in [7, 11) is -4.64. The molecule has 8 nitrogen and oxygen atoms in total. The fourth-order valence-corrected chi connectivity index (χ4v) is 1.41. The van der Waals surface area contributed by atoms with E-state index in [4.69, 9.17) is 19.6 Å². The summed E-state index contributed by atoms with van der Waals surface area (Å²) in [4.78, 5) is 16.8. The van der Waals surface area contributed by atoms with Gasteiger partial charge in [-0.05, 0) is 0 Å². The van der Waals surface area contributed by atoms with Gasteiger partial charge in [-0.3, -0.25) is 4.52 Å². The van der Waals surface area contributed by atoms with Gasteiger partial charge in [-0.25, -0.2) is 4.57 Å². The molecule has 1 fully saturated rings. The summed E-state index contributed by atoms with van der Waals surface area (Å²) in [5.41, 5.74) is 0. The van der Waals surface area contributed by atoms with Crippen LogP contribution in [0.2, 0.25) is 0 Å². The highest BCUT2D eigenvalue weighted by atomic mass is 31.2. The third-order valence-electron chi connectivity index (χ3n) is 1.88. The van der Waals surface area contributed by atoms with Crippen molar-refractivity contribution in [1.82, 2.24) is 0 Å². The molecule has 0 aromatic rings. The molecule has 0 bridgehead atoms. The fraction of sp³-hybridized carbons (Fsp3) is 0.833. The lowest BCUT2D eigenvalue weighted by molar-refractivity contribution is -0.168. The van der Waals surface area contributed by atoms with Gasteiger partial charge < -0.3 is 29.8 Å². The number of aliphatic hydroxyl groups excluding tert-OH is 3. The summed E-state index contributed by atoms with van der Waals surface area (Å²) in [5, 5.41) is 27.5. The van der Waals surface area contributed by atoms with Crippen molar-refractivity contribution in [1.29, 1.82) is 0 Å². The molecule has 0 aromatic heterocycles. The molecule has 1 heterocycles. The van der Waals surface area contributed by atoms with Crippen LogP contribution in [0.5, 0.6) is 0 Å². The highest BCUT2D eigenvalue weighted by Gasteiger charge is 2.38. The number of ether oxygens (including phenoxy) is 1. The first-order valence-corrected chi connectivity index (χ1v) is 5.57. The zero-order valence-electron chi connectivity index (χ0n) is 7.50. The molecule has 0 amide bonds. The average Bonchev–Trinajstić information content (AvgIpc) is 2.12. The molecule has 0 unspecified atom stereocenters. The van der Waals surface area contributed by atoms with Crippen molar-refractivity contribution in [3.05, 3.63) is 6.61 Å². The minimum Gasteiger partial charge on any atom is -0.388 e. The summed E-state index contributed by atoms with van der Waals surface area (Å²) in [6.45, 7) is 0.275. The molecule has 15 heavy (non-hydrogen) atoms. The van der Waals surface area contributed by atoms with Crippen LogP contribution < -0.4 is 0 Å². The van der Waals surface area contributed by atoms with Crippen LogP contribution in [0.1, 0.15) is 0 Å². The van der Waals surface area contributed by atoms with E-state index in [9.17, 15) is 14.8 Å². The lowest BCUT2D eigenvalue weighted by Crippen LogP contribution is -2.52. The third-order valence-corrected chi connectivity index (χ3v) is 2.37. The van der Waals surface area contributed by atoms with E-state index >= 15 is 0 Å². The molecular formula is C6H12O8P. The second-order valence-electron chi connectivity index (χ2n) is 3.07. The maximum atomic E-state index is 10.3. The number of aliphatic hydroxyl groups is 3. The van der Waals surface area contributed by atoms with Crippen LogP contribution in [-0.2, 0) is 13.8 Å². The molecule has 0 aromatic carbocycles. The summed E-state index contributed by atoms with van der Waals surface area (Å²) in [5.74, 6) is 0. The van der Waals surface area contributed by atoms with Gasteiger partial charge in [0.25, 0.3) is 0 Å². The zero-order chi connectivity index (χ0) is 11.6. The Morgan fingerprint density at radius 2 is 1.87 bits per heavy atom. The van der Waals surface area contributed by atoms with Gasteiger partial charge >= 0.3 is 7.82 Å². The molecule has 5 N–H and O–H groups in total. The van der Waals surface area contributed by atoms with Gasteiger partial charge in [0.2, 0.25) is 0 Å². The van der Waals surface area contributed by atoms with E-state index in [1.54, 1.807) is 0 Å². The highest BCUT2D eigenvalue weighted by Crippen LogP contribution is 2.36. The molecule has 1 radical (unpaired) electrons. The van der Waals surface area contributed by atoms with Gasteiger partial charge in [0.1, 0.15) is 31.0 Å². The Morgan fingerprint density at radius 1 is 1.27 bits per heavy atom. The molecule has 1 aliphatic rings. The number of phosphoric ester groups is 1. The average molecular weight is 243 g/mol. The smallest absolute Gasteiger partial charge is 0.388 e. The van der Waals surface area contributed by atoms with Crippen LogP contribution in [0.25, 0.3) is 0 Å². The van der Waals surface area contributed by atoms with E-state index in [2.05, 4.69) is 4.52 Å². The highest BCUT2D eigenvalue weighted by molar-refractivity contribution is 7.46. The molecular weight excluding hydrogens is 231 g/mol. The predicted octanol–water partition coefficient (Wildman–Crippen LogP) is -2.26. The second kappa shape index (κ2) is 4.86. The zero-order valence-corrected chi connectivity index (χ0v) is 8.40. The first kappa shape index (κ1) is 13.0. The van der Waals surface area contributed by atoms with Crippen LogP contribution in [0.3, 0.4) is 0 Å². The molecule has 0 aliphatic carbocycles. The van der Waals surface area contributed by atoms with E-state index in [-0.39, 0.29) is 0 Å². The second-order valence-corrected chi connectivity index (χ2v) is 4.31. The van der Waals surface area contributed by atoms with Crippen molar-refractivity contribution in [3.8, 4) is 0 Å². The normalized spacial score (nSPS) is 37.9. The van der Waals surface area contributed by atoms with Gasteiger partial charge in [-0.2, -0.15) is 0 Å². The van der Waals surface area contributed by atoms with Gasteiger partial charge in [0.15, 0.2) is 0 Å². The molecule has 1 rings (SSSR count). The quantitative estimate of drug-likeness (QED) is 0.350. The van der Waals surface area contributed by atoms with Crippen LogP contribution in [0.15, 0.2) is 0 Å². The Morgan fingerprint density at radius 3 is 2.40 bits per heavy atom. The summed E-state index contributed by atoms with van der Waals surface area (Å²) >= 11 is 0. The Kier molecular flexibility index (Phi) is 4.21. The van der Waals surface area contributed by atoms with Gasteiger partial charge in [-0.1, -0.05) is 0 Å². The lowest BCUT2D eigenvalue weighted by atomic mass is 10.0. The van der Waals surface area contributed by atoms with E-state index in [1.807, 2.05) is 0 Å². The van der Waals surface area contributed by atoms with Gasteiger partial charge in [-0.15, -0.1) is 0 Å². The maximum absolute atomic E-state index is 10.3. The SMILES string of the molecule is O=P(O)(O)OC[C@H]1O[CH][C@H](O)[C@@H](O)[C@H]1O. The molecule has 89 valence electrons. The maximum Gasteiger partial charge on any atom is 0.469 e. The number of hydrogen-bond acceptors (Lipinski definition) is 6. The Bertz CT molecular complexity index is 252. The van der Waals surface area contributed by atoms with Gasteiger partial charge in [0, 0.05) is 0 Å². The van der Waals surface area contributed by atoms with E-state index in [1.165, 1.54) is 0 Å². The molecule has 0 saturated carbocycles. The fourth-order valence-electron chi connectivity index (χ4n) is 1.07. The number of rotatable bonds is 3. The first-order chi connectivity index (χ1) is 6.81. The van der Waals surface area contributed by atoms with Gasteiger partial charge in [0.05, 0.1) is 6.61 Å². The monoisotopic (exact) mass is 243 g/mol. The van der Waals surface area contributed by atoms with Crippen LogP contribution in [0.4, 0.5) is 0 Å². The topological polar surface area (TPSA) is 137 Å². The molecule has 0 spiro atoms. The van der Waals surface area contributed by atoms with Crippen molar-refractivity contribution in [2.45, 2.75) is 24.4 Å². The van der Waals surface area contributed by atoms with Crippen molar-refractivity contribution in [3.63, 3.8) is 0 Å². The molecule has 1 aliphatic heterocycles. The largest absolute Gasteiger partial charge is 0.469 e. The van der Waals surface area contributed by atoms with Crippen LogP contribution in [0, 0.1) is 6.61 Å². The van der Waals surface area contributed by atoms with Crippen LogP contribution in [-0.4, -0.2) is 56.1 Å². The van der Waals surface area contributed by atoms with E-state index in [0.29, 0.717) is 0 Å². The number of phosphoric acid groups is 1. The standard InChI is InChI=1S/C6H12O8P/c7-3-1-13-4(6(9)5(3)8)2-14-15(10,11)12/h1,3-9H,2H2,(H2,10,11,12)/t3-,4+,5+,6-/m0/s1. The lowest BCUT2D eigenvalue weighted by Gasteiger charge is -2.34. The van der Waals surface area contributed by atoms with Crippen molar-refractivity contribution < 1.29 is 38.9 Å². The Balaban J connectivity index is 2.46. The Labute approximate surface area is 85.3 Å². The van der Waals surface area contributed by atoms with Crippen molar-refractivity contribution >= 4 is 7.82 Å². The molecule has 4 atom stereocenters. The summed E-state index contributed by atoms with van der Waals surface area (Å²) in [6.07, 6.45) is -5.41. The van der Waals surface area contributed by atoms with Crippen molar-refractivity contribution in [2.24, 2.45) is 0 Å².